The molecule has 55 heavy (non-hydrogen) atoms. The van der Waals surface area contributed by atoms with Gasteiger partial charge in [-0.2, -0.15) is 0 Å². The number of unbranched alkanes of at least 4 members (excludes halogenated alkanes) is 32. The van der Waals surface area contributed by atoms with E-state index < -0.39 is 0 Å². The summed E-state index contributed by atoms with van der Waals surface area (Å²) in [5.74, 6) is 0. The molecule has 2 aromatic carbocycles. The molecular formula is C54H92N+. The fourth-order valence-electron chi connectivity index (χ4n) is 8.35. The third-order valence-electron chi connectivity index (χ3n) is 11.9. The van der Waals surface area contributed by atoms with Crippen molar-refractivity contribution in [2.45, 2.75) is 245 Å². The van der Waals surface area contributed by atoms with Crippen molar-refractivity contribution in [3.05, 3.63) is 96.3 Å². The fraction of sp³-hybridized carbons (Fsp3) is 0.704. The summed E-state index contributed by atoms with van der Waals surface area (Å²) >= 11 is 0. The van der Waals surface area contributed by atoms with Crippen LogP contribution in [0.25, 0.3) is 0 Å². The standard InChI is InChI=1S/C54H92N/c1-3-5-7-9-11-13-15-17-19-21-23-25-27-29-31-33-35-43-49-55(51-53-45-39-37-40-46-53,52-54-47-41-38-42-48-54)50-44-36-34-32-30-28-26-24-22-20-18-16-14-12-10-8-6-4-2/h37-50H,3-36,51-52H2,1-2H3/q+1/b49-43-,50-44+. The number of hydrogen-bond donors (Lipinski definition) is 0. The van der Waals surface area contributed by atoms with Crippen LogP contribution < -0.4 is 0 Å². The number of allylic oxidation sites excluding steroid dienone is 2. The van der Waals surface area contributed by atoms with Crippen LogP contribution in [0.3, 0.4) is 0 Å². The van der Waals surface area contributed by atoms with Crippen LogP contribution in [0.5, 0.6) is 0 Å². The molecule has 0 aliphatic carbocycles. The van der Waals surface area contributed by atoms with E-state index in [9.17, 15) is 0 Å². The maximum Gasteiger partial charge on any atom is 0.113 e. The molecule has 0 spiro atoms. The molecule has 0 aromatic heterocycles. The maximum absolute atomic E-state index is 2.54. The van der Waals surface area contributed by atoms with Gasteiger partial charge in [-0.3, -0.25) is 4.48 Å². The molecule has 0 bridgehead atoms. The number of quaternary nitrogens is 1. The van der Waals surface area contributed by atoms with Crippen LogP contribution in [-0.2, 0) is 13.1 Å². The predicted octanol–water partition coefficient (Wildman–Crippen LogP) is 18.5. The average Bonchev–Trinajstić information content (AvgIpc) is 3.20. The van der Waals surface area contributed by atoms with E-state index in [0.29, 0.717) is 0 Å². The predicted molar refractivity (Wildman–Crippen MR) is 247 cm³/mol. The first kappa shape index (κ1) is 49.0. The minimum atomic E-state index is 0.867. The van der Waals surface area contributed by atoms with Gasteiger partial charge in [0, 0.05) is 11.1 Å². The van der Waals surface area contributed by atoms with Crippen molar-refractivity contribution in [1.82, 2.24) is 0 Å². The Labute approximate surface area is 344 Å². The molecular weight excluding hydrogens is 663 g/mol. The number of nitrogens with zero attached hydrogens (tertiary/aromatic N) is 1. The van der Waals surface area contributed by atoms with Crippen molar-refractivity contribution in [3.8, 4) is 0 Å². The Morgan fingerprint density at radius 3 is 0.800 bits per heavy atom. The second-order valence-electron chi connectivity index (χ2n) is 17.3. The van der Waals surface area contributed by atoms with Gasteiger partial charge >= 0.3 is 0 Å². The first-order chi connectivity index (χ1) is 27.3. The molecule has 0 heterocycles. The summed E-state index contributed by atoms with van der Waals surface area (Å²) < 4.78 is 0.867. The summed E-state index contributed by atoms with van der Waals surface area (Å²) in [6.07, 6.45) is 58.2. The van der Waals surface area contributed by atoms with E-state index in [4.69, 9.17) is 0 Å². The van der Waals surface area contributed by atoms with E-state index in [2.05, 4.69) is 99.1 Å². The van der Waals surface area contributed by atoms with Gasteiger partial charge < -0.3 is 0 Å². The number of benzene rings is 2. The molecule has 2 rings (SSSR count). The van der Waals surface area contributed by atoms with E-state index in [-0.39, 0.29) is 0 Å². The molecule has 1 heteroatoms. The molecule has 1 nitrogen and oxygen atoms in total. The zero-order valence-electron chi connectivity index (χ0n) is 37.0. The van der Waals surface area contributed by atoms with Gasteiger partial charge in [-0.15, -0.1) is 0 Å². The molecule has 2 aromatic rings. The van der Waals surface area contributed by atoms with E-state index >= 15 is 0 Å². The van der Waals surface area contributed by atoms with Crippen molar-refractivity contribution in [1.29, 1.82) is 0 Å². The minimum Gasteiger partial charge on any atom is -0.264 e. The van der Waals surface area contributed by atoms with E-state index in [1.165, 1.54) is 229 Å². The van der Waals surface area contributed by atoms with Crippen LogP contribution >= 0.6 is 0 Å². The van der Waals surface area contributed by atoms with Gasteiger partial charge in [-0.05, 0) is 37.8 Å². The average molecular weight is 755 g/mol. The highest BCUT2D eigenvalue weighted by atomic mass is 15.3. The molecule has 0 aliphatic heterocycles. The lowest BCUT2D eigenvalue weighted by Crippen LogP contribution is -2.35. The van der Waals surface area contributed by atoms with Gasteiger partial charge in [-0.1, -0.05) is 267 Å². The lowest BCUT2D eigenvalue weighted by Gasteiger charge is -2.31. The third kappa shape index (κ3) is 29.7. The van der Waals surface area contributed by atoms with Gasteiger partial charge in [0.2, 0.25) is 0 Å². The first-order valence-electron chi connectivity index (χ1n) is 24.6. The molecule has 0 atom stereocenters. The first-order valence-corrected chi connectivity index (χ1v) is 24.6. The zero-order valence-corrected chi connectivity index (χ0v) is 37.0. The summed E-state index contributed by atoms with van der Waals surface area (Å²) in [7, 11) is 0. The molecule has 312 valence electrons. The molecule has 0 fully saturated rings. The Morgan fingerprint density at radius 1 is 0.309 bits per heavy atom. The summed E-state index contributed by atoms with van der Waals surface area (Å²) in [6.45, 7) is 6.62. The van der Waals surface area contributed by atoms with E-state index in [0.717, 1.165) is 17.6 Å². The largest absolute Gasteiger partial charge is 0.264 e. The van der Waals surface area contributed by atoms with Gasteiger partial charge in [0.25, 0.3) is 0 Å². The SMILES string of the molecule is CCCCCCCCCCCCCCCCCC/C=C\[N+](/C=C/CCCCCCCCCCCCCCCCCC)(Cc1ccccc1)Cc1ccccc1. The Bertz CT molecular complexity index is 1010. The second-order valence-corrected chi connectivity index (χ2v) is 17.3. The van der Waals surface area contributed by atoms with Crippen molar-refractivity contribution in [2.24, 2.45) is 0 Å². The van der Waals surface area contributed by atoms with Gasteiger partial charge in [0.15, 0.2) is 0 Å². The van der Waals surface area contributed by atoms with Crippen LogP contribution in [0.15, 0.2) is 85.2 Å². The van der Waals surface area contributed by atoms with Crippen LogP contribution in [-0.4, -0.2) is 4.48 Å². The van der Waals surface area contributed by atoms with Gasteiger partial charge in [0.1, 0.15) is 13.1 Å². The maximum atomic E-state index is 2.54. The van der Waals surface area contributed by atoms with Gasteiger partial charge in [-0.25, -0.2) is 0 Å². The Hall–Kier alpha value is -2.12. The molecule has 0 N–H and O–H groups in total. The smallest absolute Gasteiger partial charge is 0.113 e. The van der Waals surface area contributed by atoms with E-state index in [1.807, 2.05) is 0 Å². The third-order valence-corrected chi connectivity index (χ3v) is 11.9. The summed E-state index contributed by atoms with van der Waals surface area (Å²) in [6, 6.07) is 22.3. The molecule has 0 aliphatic rings. The van der Waals surface area contributed by atoms with Crippen LogP contribution in [0.2, 0.25) is 0 Å². The van der Waals surface area contributed by atoms with Crippen molar-refractivity contribution in [2.75, 3.05) is 0 Å². The number of hydrogen-bond acceptors (Lipinski definition) is 0. The summed E-state index contributed by atoms with van der Waals surface area (Å²) in [5.41, 5.74) is 2.83. The Balaban J connectivity index is 1.69. The topological polar surface area (TPSA) is 0 Å². The minimum absolute atomic E-state index is 0.867. The van der Waals surface area contributed by atoms with Crippen molar-refractivity contribution >= 4 is 0 Å². The lowest BCUT2D eigenvalue weighted by molar-refractivity contribution is -0.856. The highest BCUT2D eigenvalue weighted by molar-refractivity contribution is 5.16. The van der Waals surface area contributed by atoms with Crippen molar-refractivity contribution in [3.63, 3.8) is 0 Å². The fourth-order valence-corrected chi connectivity index (χ4v) is 8.35. The van der Waals surface area contributed by atoms with Crippen LogP contribution in [0.1, 0.15) is 243 Å². The Kier molecular flexibility index (Phi) is 33.4. The molecule has 0 unspecified atom stereocenters. The monoisotopic (exact) mass is 755 g/mol. The zero-order chi connectivity index (χ0) is 39.0. The van der Waals surface area contributed by atoms with E-state index in [1.54, 1.807) is 0 Å². The van der Waals surface area contributed by atoms with Crippen LogP contribution in [0, 0.1) is 0 Å². The highest BCUT2D eigenvalue weighted by Crippen LogP contribution is 2.24. The quantitative estimate of drug-likeness (QED) is 0.0469. The molecule has 0 amide bonds. The summed E-state index contributed by atoms with van der Waals surface area (Å²) in [5, 5.41) is 0. The Morgan fingerprint density at radius 2 is 0.545 bits per heavy atom. The second kappa shape index (κ2) is 37.5. The van der Waals surface area contributed by atoms with Crippen molar-refractivity contribution < 1.29 is 4.48 Å². The highest BCUT2D eigenvalue weighted by Gasteiger charge is 2.23. The molecule has 0 radical (unpaired) electrons. The summed E-state index contributed by atoms with van der Waals surface area (Å²) in [4.78, 5) is 0. The lowest BCUT2D eigenvalue weighted by atomic mass is 10.0. The molecule has 0 saturated carbocycles. The molecule has 0 saturated heterocycles. The van der Waals surface area contributed by atoms with Crippen LogP contribution in [0.4, 0.5) is 0 Å². The normalized spacial score (nSPS) is 12.1. The number of rotatable bonds is 40. The van der Waals surface area contributed by atoms with Gasteiger partial charge in [0.05, 0.1) is 12.4 Å².